The molecular formula is C17H25NO4. The highest BCUT2D eigenvalue weighted by Crippen LogP contribution is 2.28. The van der Waals surface area contributed by atoms with E-state index in [1.165, 1.54) is 6.92 Å². The van der Waals surface area contributed by atoms with Gasteiger partial charge in [-0.1, -0.05) is 0 Å². The van der Waals surface area contributed by atoms with Crippen molar-refractivity contribution in [1.82, 2.24) is 5.32 Å². The van der Waals surface area contributed by atoms with Gasteiger partial charge in [0.1, 0.15) is 5.60 Å². The summed E-state index contributed by atoms with van der Waals surface area (Å²) in [6, 6.07) is -0.0781. The van der Waals surface area contributed by atoms with E-state index >= 15 is 0 Å². The number of allylic oxidation sites excluding steroid dienone is 4. The summed E-state index contributed by atoms with van der Waals surface area (Å²) in [5.41, 5.74) is 0.136. The van der Waals surface area contributed by atoms with E-state index in [1.54, 1.807) is 34.6 Å². The molecule has 0 aromatic heterocycles. The zero-order chi connectivity index (χ0) is 17.2. The summed E-state index contributed by atoms with van der Waals surface area (Å²) in [4.78, 5) is 36.3. The Balaban J connectivity index is 2.90. The third-order valence-corrected chi connectivity index (χ3v) is 4.08. The number of amides is 1. The molecule has 1 amide bonds. The van der Waals surface area contributed by atoms with E-state index in [0.29, 0.717) is 22.3 Å². The van der Waals surface area contributed by atoms with Gasteiger partial charge >= 0.3 is 0 Å². The molecule has 0 saturated heterocycles. The maximum Gasteiger partial charge on any atom is 0.251 e. The van der Waals surface area contributed by atoms with E-state index in [9.17, 15) is 19.5 Å². The zero-order valence-electron chi connectivity index (χ0n) is 14.2. The van der Waals surface area contributed by atoms with Crippen molar-refractivity contribution in [2.75, 3.05) is 0 Å². The van der Waals surface area contributed by atoms with Crippen LogP contribution in [-0.4, -0.2) is 34.2 Å². The molecule has 0 fully saturated rings. The summed E-state index contributed by atoms with van der Waals surface area (Å²) < 4.78 is 0. The number of carbonyl (C=O) groups excluding carboxylic acids is 3. The summed E-state index contributed by atoms with van der Waals surface area (Å²) in [5, 5.41) is 12.9. The SMILES string of the molecule is CC1=C(C)C(=O)C(CCC(C)(O)C(=O)NC(C)C)=C(C)C1=O. The van der Waals surface area contributed by atoms with Gasteiger partial charge in [-0.05, 0) is 54.4 Å². The van der Waals surface area contributed by atoms with Crippen molar-refractivity contribution in [2.45, 2.75) is 66.0 Å². The van der Waals surface area contributed by atoms with Crippen molar-refractivity contribution in [1.29, 1.82) is 0 Å². The van der Waals surface area contributed by atoms with Crippen LogP contribution in [0.2, 0.25) is 0 Å². The predicted octanol–water partition coefficient (Wildman–Crippen LogP) is 1.85. The number of hydrogen-bond donors (Lipinski definition) is 2. The van der Waals surface area contributed by atoms with Crippen molar-refractivity contribution in [2.24, 2.45) is 0 Å². The van der Waals surface area contributed by atoms with Crippen LogP contribution in [0.4, 0.5) is 0 Å². The molecule has 0 saturated carbocycles. The predicted molar refractivity (Wildman–Crippen MR) is 84.2 cm³/mol. The van der Waals surface area contributed by atoms with Crippen LogP contribution in [0, 0.1) is 0 Å². The van der Waals surface area contributed by atoms with E-state index in [1.807, 2.05) is 0 Å². The first kappa shape index (κ1) is 18.3. The standard InChI is InChI=1S/C17H25NO4/c1-9(2)18-16(21)17(6,22)8-7-13-12(5)14(19)10(3)11(4)15(13)20/h9,22H,7-8H2,1-6H3,(H,18,21). The van der Waals surface area contributed by atoms with Crippen LogP contribution in [0.1, 0.15) is 54.4 Å². The van der Waals surface area contributed by atoms with E-state index in [-0.39, 0.29) is 30.4 Å². The zero-order valence-corrected chi connectivity index (χ0v) is 14.2. The largest absolute Gasteiger partial charge is 0.380 e. The second-order valence-corrected chi connectivity index (χ2v) is 6.41. The van der Waals surface area contributed by atoms with Crippen LogP contribution in [0.15, 0.2) is 22.3 Å². The fraction of sp³-hybridized carbons (Fsp3) is 0.588. The lowest BCUT2D eigenvalue weighted by molar-refractivity contribution is -0.139. The van der Waals surface area contributed by atoms with Crippen LogP contribution < -0.4 is 5.32 Å². The molecule has 2 N–H and O–H groups in total. The highest BCUT2D eigenvalue weighted by Gasteiger charge is 2.33. The molecule has 0 spiro atoms. The minimum Gasteiger partial charge on any atom is -0.380 e. The van der Waals surface area contributed by atoms with Crippen molar-refractivity contribution < 1.29 is 19.5 Å². The van der Waals surface area contributed by atoms with Crippen molar-refractivity contribution in [3.63, 3.8) is 0 Å². The summed E-state index contributed by atoms with van der Waals surface area (Å²) in [5.74, 6) is -0.785. The Kier molecular flexibility index (Phi) is 5.46. The first-order valence-corrected chi connectivity index (χ1v) is 7.49. The van der Waals surface area contributed by atoms with Gasteiger partial charge in [0, 0.05) is 28.3 Å². The molecule has 0 aliphatic heterocycles. The monoisotopic (exact) mass is 307 g/mol. The van der Waals surface area contributed by atoms with Gasteiger partial charge < -0.3 is 10.4 Å². The van der Waals surface area contributed by atoms with E-state index < -0.39 is 11.5 Å². The molecule has 1 atom stereocenters. The van der Waals surface area contributed by atoms with Crippen LogP contribution in [-0.2, 0) is 14.4 Å². The lowest BCUT2D eigenvalue weighted by atomic mass is 9.82. The van der Waals surface area contributed by atoms with Crippen LogP contribution in [0.3, 0.4) is 0 Å². The molecule has 22 heavy (non-hydrogen) atoms. The molecule has 122 valence electrons. The third kappa shape index (κ3) is 3.71. The highest BCUT2D eigenvalue weighted by atomic mass is 16.3. The van der Waals surface area contributed by atoms with E-state index in [0.717, 1.165) is 0 Å². The summed E-state index contributed by atoms with van der Waals surface area (Å²) >= 11 is 0. The van der Waals surface area contributed by atoms with Crippen molar-refractivity contribution in [3.05, 3.63) is 22.3 Å². The van der Waals surface area contributed by atoms with Gasteiger partial charge in [0.2, 0.25) is 0 Å². The Labute approximate surface area is 131 Å². The van der Waals surface area contributed by atoms with Gasteiger partial charge in [-0.3, -0.25) is 14.4 Å². The summed E-state index contributed by atoms with van der Waals surface area (Å²) in [6.07, 6.45) is 0.281. The normalized spacial score (nSPS) is 18.9. The average Bonchev–Trinajstić information content (AvgIpc) is 2.42. The second kappa shape index (κ2) is 6.57. The molecule has 5 heteroatoms. The minimum atomic E-state index is -1.58. The fourth-order valence-corrected chi connectivity index (χ4v) is 2.36. The topological polar surface area (TPSA) is 83.5 Å². The van der Waals surface area contributed by atoms with Crippen LogP contribution in [0.25, 0.3) is 0 Å². The third-order valence-electron chi connectivity index (χ3n) is 4.08. The Morgan fingerprint density at radius 2 is 1.59 bits per heavy atom. The molecule has 0 bridgehead atoms. The number of ketones is 2. The smallest absolute Gasteiger partial charge is 0.251 e. The Bertz CT molecular complexity index is 579. The molecule has 0 aromatic carbocycles. The maximum absolute atomic E-state index is 12.3. The quantitative estimate of drug-likeness (QED) is 0.759. The van der Waals surface area contributed by atoms with Gasteiger partial charge in [-0.15, -0.1) is 0 Å². The van der Waals surface area contributed by atoms with Gasteiger partial charge in [0.15, 0.2) is 11.6 Å². The maximum atomic E-state index is 12.3. The summed E-state index contributed by atoms with van der Waals surface area (Å²) in [7, 11) is 0. The van der Waals surface area contributed by atoms with Crippen molar-refractivity contribution >= 4 is 17.5 Å². The number of aliphatic hydroxyl groups is 1. The Hall–Kier alpha value is -1.75. The van der Waals surface area contributed by atoms with Gasteiger partial charge in [0.05, 0.1) is 0 Å². The molecule has 1 aliphatic rings. The number of nitrogens with one attached hydrogen (secondary N) is 1. The molecule has 0 aromatic rings. The first-order chi connectivity index (χ1) is 9.99. The summed E-state index contributed by atoms with van der Waals surface area (Å²) in [6.45, 7) is 9.92. The number of hydrogen-bond acceptors (Lipinski definition) is 4. The molecule has 0 radical (unpaired) electrons. The number of carbonyl (C=O) groups is 3. The van der Waals surface area contributed by atoms with E-state index in [2.05, 4.69) is 5.32 Å². The molecule has 0 heterocycles. The molecule has 1 rings (SSSR count). The molecule has 1 unspecified atom stereocenters. The Morgan fingerprint density at radius 1 is 1.09 bits per heavy atom. The fourth-order valence-electron chi connectivity index (χ4n) is 2.36. The average molecular weight is 307 g/mol. The van der Waals surface area contributed by atoms with Crippen LogP contribution in [0.5, 0.6) is 0 Å². The minimum absolute atomic E-state index is 0.0781. The van der Waals surface area contributed by atoms with Gasteiger partial charge in [0.25, 0.3) is 5.91 Å². The van der Waals surface area contributed by atoms with Crippen molar-refractivity contribution in [3.8, 4) is 0 Å². The molecular weight excluding hydrogens is 282 g/mol. The highest BCUT2D eigenvalue weighted by molar-refractivity contribution is 6.24. The van der Waals surface area contributed by atoms with Gasteiger partial charge in [-0.25, -0.2) is 0 Å². The Morgan fingerprint density at radius 3 is 2.09 bits per heavy atom. The second-order valence-electron chi connectivity index (χ2n) is 6.41. The van der Waals surface area contributed by atoms with Crippen LogP contribution >= 0.6 is 0 Å². The first-order valence-electron chi connectivity index (χ1n) is 7.49. The van der Waals surface area contributed by atoms with Gasteiger partial charge in [-0.2, -0.15) is 0 Å². The lowest BCUT2D eigenvalue weighted by Gasteiger charge is -2.25. The van der Waals surface area contributed by atoms with E-state index in [4.69, 9.17) is 0 Å². The number of rotatable bonds is 5. The number of Topliss-reactive ketones (excluding diaryl/α,β-unsaturated/α-hetero) is 2. The molecule has 1 aliphatic carbocycles. The molecule has 5 nitrogen and oxygen atoms in total. The lowest BCUT2D eigenvalue weighted by Crippen LogP contribution is -2.47.